The van der Waals surface area contributed by atoms with E-state index in [1.165, 1.54) is 9.35 Å². The van der Waals surface area contributed by atoms with E-state index in [4.69, 9.17) is 4.74 Å². The summed E-state index contributed by atoms with van der Waals surface area (Å²) in [6.45, 7) is 3.78. The van der Waals surface area contributed by atoms with E-state index < -0.39 is 0 Å². The highest BCUT2D eigenvalue weighted by Gasteiger charge is 2.01. The lowest BCUT2D eigenvalue weighted by Gasteiger charge is -2.11. The Morgan fingerprint density at radius 2 is 2.46 bits per heavy atom. The fourth-order valence-corrected chi connectivity index (χ4v) is 2.25. The molecule has 1 rings (SSSR count). The second kappa shape index (κ2) is 5.75. The van der Waals surface area contributed by atoms with Crippen molar-refractivity contribution in [2.45, 2.75) is 19.5 Å². The highest BCUT2D eigenvalue weighted by Crippen LogP contribution is 2.20. The van der Waals surface area contributed by atoms with E-state index in [9.17, 15) is 0 Å². The Labute approximate surface area is 91.4 Å². The summed E-state index contributed by atoms with van der Waals surface area (Å²) in [4.78, 5) is 0. The summed E-state index contributed by atoms with van der Waals surface area (Å²) in [6, 6.07) is 2.54. The van der Waals surface area contributed by atoms with E-state index in [0.717, 1.165) is 13.2 Å². The minimum absolute atomic E-state index is 0.406. The molecule has 0 aromatic carbocycles. The molecule has 1 N–H and O–H groups in total. The zero-order valence-electron chi connectivity index (χ0n) is 7.84. The molecule has 0 spiro atoms. The first-order chi connectivity index (χ1) is 6.22. The zero-order valence-corrected chi connectivity index (χ0v) is 10.2. The fraction of sp³-hybridized carbons (Fsp3) is 0.556. The Bertz CT molecular complexity index is 252. The summed E-state index contributed by atoms with van der Waals surface area (Å²) < 4.78 is 6.21. The van der Waals surface area contributed by atoms with Crippen molar-refractivity contribution in [3.8, 4) is 0 Å². The van der Waals surface area contributed by atoms with Crippen LogP contribution in [-0.4, -0.2) is 19.8 Å². The van der Waals surface area contributed by atoms with Gasteiger partial charge in [-0.25, -0.2) is 0 Å². The van der Waals surface area contributed by atoms with Gasteiger partial charge in [0.05, 0.1) is 10.4 Å². The number of methoxy groups -OCH3 is 1. The standard InChI is InChI=1S/C9H14BrNOS/c1-7(5-12-2)11-4-8-3-9(10)13-6-8/h3,6-7,11H,4-5H2,1-2H3. The lowest BCUT2D eigenvalue weighted by atomic mass is 10.3. The van der Waals surface area contributed by atoms with Crippen LogP contribution in [0, 0.1) is 0 Å². The van der Waals surface area contributed by atoms with Gasteiger partial charge in [0, 0.05) is 19.7 Å². The topological polar surface area (TPSA) is 21.3 Å². The number of hydrogen-bond donors (Lipinski definition) is 1. The molecule has 0 saturated carbocycles. The summed E-state index contributed by atoms with van der Waals surface area (Å²) in [7, 11) is 1.72. The molecule has 0 radical (unpaired) electrons. The Balaban J connectivity index is 2.26. The second-order valence-electron chi connectivity index (χ2n) is 3.00. The van der Waals surface area contributed by atoms with E-state index in [2.05, 4.69) is 39.6 Å². The molecule has 4 heteroatoms. The monoisotopic (exact) mass is 263 g/mol. The van der Waals surface area contributed by atoms with Crippen molar-refractivity contribution < 1.29 is 4.74 Å². The van der Waals surface area contributed by atoms with Crippen LogP contribution in [0.1, 0.15) is 12.5 Å². The first kappa shape index (κ1) is 11.2. The van der Waals surface area contributed by atoms with E-state index in [1.807, 2.05) is 0 Å². The summed E-state index contributed by atoms with van der Waals surface area (Å²) in [6.07, 6.45) is 0. The molecule has 0 aliphatic heterocycles. The van der Waals surface area contributed by atoms with Gasteiger partial charge in [0.1, 0.15) is 0 Å². The molecule has 1 aromatic heterocycles. The highest BCUT2D eigenvalue weighted by molar-refractivity contribution is 9.11. The average Bonchev–Trinajstić information content (AvgIpc) is 2.49. The van der Waals surface area contributed by atoms with Crippen LogP contribution < -0.4 is 5.32 Å². The second-order valence-corrected chi connectivity index (χ2v) is 5.29. The van der Waals surface area contributed by atoms with Gasteiger partial charge in [-0.2, -0.15) is 0 Å². The van der Waals surface area contributed by atoms with Gasteiger partial charge in [0.2, 0.25) is 0 Å². The van der Waals surface area contributed by atoms with Crippen LogP contribution in [0.25, 0.3) is 0 Å². The van der Waals surface area contributed by atoms with Crippen molar-refractivity contribution in [2.24, 2.45) is 0 Å². The quantitative estimate of drug-likeness (QED) is 0.882. The lowest BCUT2D eigenvalue weighted by Crippen LogP contribution is -2.29. The van der Waals surface area contributed by atoms with Crippen LogP contribution in [0.2, 0.25) is 0 Å². The van der Waals surface area contributed by atoms with Gasteiger partial charge in [-0.1, -0.05) is 0 Å². The van der Waals surface area contributed by atoms with Crippen LogP contribution in [-0.2, 0) is 11.3 Å². The minimum Gasteiger partial charge on any atom is -0.383 e. The van der Waals surface area contributed by atoms with Gasteiger partial charge in [-0.15, -0.1) is 11.3 Å². The van der Waals surface area contributed by atoms with Gasteiger partial charge in [-0.3, -0.25) is 0 Å². The average molecular weight is 264 g/mol. The van der Waals surface area contributed by atoms with Crippen LogP contribution >= 0.6 is 27.3 Å². The molecule has 0 fully saturated rings. The molecule has 74 valence electrons. The van der Waals surface area contributed by atoms with Gasteiger partial charge >= 0.3 is 0 Å². The number of hydrogen-bond acceptors (Lipinski definition) is 3. The zero-order chi connectivity index (χ0) is 9.68. The summed E-state index contributed by atoms with van der Waals surface area (Å²) in [5.41, 5.74) is 1.32. The summed E-state index contributed by atoms with van der Waals surface area (Å²) in [5, 5.41) is 5.52. The van der Waals surface area contributed by atoms with E-state index in [1.54, 1.807) is 18.4 Å². The molecule has 13 heavy (non-hydrogen) atoms. The van der Waals surface area contributed by atoms with Crippen molar-refractivity contribution in [1.29, 1.82) is 0 Å². The van der Waals surface area contributed by atoms with Crippen molar-refractivity contribution >= 4 is 27.3 Å². The molecule has 0 amide bonds. The van der Waals surface area contributed by atoms with Gasteiger partial charge in [0.25, 0.3) is 0 Å². The molecule has 1 atom stereocenters. The Morgan fingerprint density at radius 1 is 1.69 bits per heavy atom. The summed E-state index contributed by atoms with van der Waals surface area (Å²) >= 11 is 5.15. The third-order valence-corrected chi connectivity index (χ3v) is 3.25. The lowest BCUT2D eigenvalue weighted by molar-refractivity contribution is 0.171. The number of halogens is 1. The van der Waals surface area contributed by atoms with Gasteiger partial charge in [0.15, 0.2) is 0 Å². The number of thiophene rings is 1. The van der Waals surface area contributed by atoms with E-state index in [-0.39, 0.29) is 0 Å². The van der Waals surface area contributed by atoms with Crippen LogP contribution in [0.5, 0.6) is 0 Å². The van der Waals surface area contributed by atoms with Crippen LogP contribution in [0.15, 0.2) is 15.2 Å². The van der Waals surface area contributed by atoms with Crippen molar-refractivity contribution in [3.63, 3.8) is 0 Å². The maximum absolute atomic E-state index is 5.03. The molecule has 1 aromatic rings. The molecule has 0 saturated heterocycles. The maximum Gasteiger partial charge on any atom is 0.0701 e. The molecule has 0 bridgehead atoms. The van der Waals surface area contributed by atoms with E-state index >= 15 is 0 Å². The highest BCUT2D eigenvalue weighted by atomic mass is 79.9. The van der Waals surface area contributed by atoms with Crippen molar-refractivity contribution in [1.82, 2.24) is 5.32 Å². The molecule has 1 heterocycles. The predicted octanol–water partition coefficient (Wildman–Crippen LogP) is 2.64. The molecular formula is C9H14BrNOS. The number of ether oxygens (including phenoxy) is 1. The van der Waals surface area contributed by atoms with Gasteiger partial charge < -0.3 is 10.1 Å². The third-order valence-electron chi connectivity index (χ3n) is 1.69. The Morgan fingerprint density at radius 3 is 3.00 bits per heavy atom. The largest absolute Gasteiger partial charge is 0.383 e. The Hall–Kier alpha value is 0.100. The smallest absolute Gasteiger partial charge is 0.0701 e. The predicted molar refractivity (Wildman–Crippen MR) is 60.2 cm³/mol. The maximum atomic E-state index is 5.03. The molecule has 1 unspecified atom stereocenters. The SMILES string of the molecule is COCC(C)NCc1csc(Br)c1. The number of nitrogens with one attached hydrogen (secondary N) is 1. The first-order valence-corrected chi connectivity index (χ1v) is 5.85. The fourth-order valence-electron chi connectivity index (χ4n) is 1.04. The molecular weight excluding hydrogens is 250 g/mol. The van der Waals surface area contributed by atoms with E-state index in [0.29, 0.717) is 6.04 Å². The first-order valence-electron chi connectivity index (χ1n) is 4.17. The molecule has 0 aliphatic rings. The molecule has 2 nitrogen and oxygen atoms in total. The minimum atomic E-state index is 0.406. The normalized spacial score (nSPS) is 13.2. The Kier molecular flexibility index (Phi) is 4.94. The number of rotatable bonds is 5. The van der Waals surface area contributed by atoms with Gasteiger partial charge in [-0.05, 0) is 39.9 Å². The van der Waals surface area contributed by atoms with Crippen LogP contribution in [0.4, 0.5) is 0 Å². The van der Waals surface area contributed by atoms with Crippen LogP contribution in [0.3, 0.4) is 0 Å². The third kappa shape index (κ3) is 4.22. The summed E-state index contributed by atoms with van der Waals surface area (Å²) in [5.74, 6) is 0. The molecule has 0 aliphatic carbocycles. The van der Waals surface area contributed by atoms with Crippen molar-refractivity contribution in [2.75, 3.05) is 13.7 Å². The van der Waals surface area contributed by atoms with Crippen molar-refractivity contribution in [3.05, 3.63) is 20.8 Å².